The van der Waals surface area contributed by atoms with Gasteiger partial charge in [-0.1, -0.05) is 29.8 Å². The van der Waals surface area contributed by atoms with E-state index >= 15 is 0 Å². The lowest BCUT2D eigenvalue weighted by atomic mass is 10.2. The van der Waals surface area contributed by atoms with Crippen LogP contribution in [0, 0.1) is 0 Å². The Morgan fingerprint density at radius 3 is 2.48 bits per heavy atom. The number of carbonyl (C=O) groups excluding carboxylic acids is 1. The van der Waals surface area contributed by atoms with Crippen molar-refractivity contribution in [3.05, 3.63) is 89.2 Å². The van der Waals surface area contributed by atoms with Crippen LogP contribution in [0.25, 0.3) is 0 Å². The number of amides is 1. The Labute approximate surface area is 163 Å². The van der Waals surface area contributed by atoms with Crippen LogP contribution < -0.4 is 15.4 Å². The quantitative estimate of drug-likeness (QED) is 0.618. The molecular formula is C21H20ClN3O2. The maximum absolute atomic E-state index is 11.9. The summed E-state index contributed by atoms with van der Waals surface area (Å²) in [6.07, 6.45) is 3.44. The van der Waals surface area contributed by atoms with Crippen LogP contribution in [-0.4, -0.2) is 17.4 Å². The summed E-state index contributed by atoms with van der Waals surface area (Å²) in [4.78, 5) is 15.9. The molecule has 3 aromatic rings. The molecule has 3 rings (SSSR count). The molecule has 0 saturated heterocycles. The van der Waals surface area contributed by atoms with Gasteiger partial charge >= 0.3 is 0 Å². The highest BCUT2D eigenvalue weighted by Crippen LogP contribution is 2.17. The predicted molar refractivity (Wildman–Crippen MR) is 107 cm³/mol. The van der Waals surface area contributed by atoms with E-state index in [1.165, 1.54) is 0 Å². The van der Waals surface area contributed by atoms with Gasteiger partial charge in [-0.15, -0.1) is 0 Å². The zero-order valence-corrected chi connectivity index (χ0v) is 15.4. The van der Waals surface area contributed by atoms with Gasteiger partial charge < -0.3 is 15.4 Å². The zero-order valence-electron chi connectivity index (χ0n) is 14.7. The molecule has 5 nitrogen and oxygen atoms in total. The highest BCUT2D eigenvalue weighted by molar-refractivity contribution is 6.30. The Morgan fingerprint density at radius 2 is 1.78 bits per heavy atom. The smallest absolute Gasteiger partial charge is 0.239 e. The highest BCUT2D eigenvalue weighted by Gasteiger charge is 2.02. The summed E-state index contributed by atoms with van der Waals surface area (Å²) in [5.41, 5.74) is 2.87. The lowest BCUT2D eigenvalue weighted by Crippen LogP contribution is -2.29. The summed E-state index contributed by atoms with van der Waals surface area (Å²) < 4.78 is 5.74. The maximum Gasteiger partial charge on any atom is 0.239 e. The van der Waals surface area contributed by atoms with E-state index in [4.69, 9.17) is 16.3 Å². The van der Waals surface area contributed by atoms with E-state index in [1.807, 2.05) is 60.7 Å². The fourth-order valence-electron chi connectivity index (χ4n) is 2.36. The minimum Gasteiger partial charge on any atom is -0.489 e. The predicted octanol–water partition coefficient (Wildman–Crippen LogP) is 4.04. The van der Waals surface area contributed by atoms with Gasteiger partial charge in [0.05, 0.1) is 6.54 Å². The molecule has 0 bridgehead atoms. The molecule has 0 aliphatic rings. The Hall–Kier alpha value is -3.05. The monoisotopic (exact) mass is 381 g/mol. The van der Waals surface area contributed by atoms with Crippen LogP contribution in [0.15, 0.2) is 73.1 Å². The molecule has 1 amide bonds. The summed E-state index contributed by atoms with van der Waals surface area (Å²) in [7, 11) is 0. The largest absolute Gasteiger partial charge is 0.489 e. The fourth-order valence-corrected chi connectivity index (χ4v) is 2.49. The van der Waals surface area contributed by atoms with Gasteiger partial charge in [0.1, 0.15) is 12.4 Å². The van der Waals surface area contributed by atoms with Crippen molar-refractivity contribution >= 4 is 23.2 Å². The second-order valence-corrected chi connectivity index (χ2v) is 6.37. The van der Waals surface area contributed by atoms with Gasteiger partial charge in [-0.2, -0.15) is 0 Å². The van der Waals surface area contributed by atoms with Crippen molar-refractivity contribution in [2.45, 2.75) is 13.2 Å². The zero-order chi connectivity index (χ0) is 18.9. The Kier molecular flexibility index (Phi) is 6.66. The molecule has 0 fully saturated rings. The van der Waals surface area contributed by atoms with Crippen molar-refractivity contribution in [2.75, 3.05) is 11.9 Å². The number of nitrogens with zero attached hydrogens (tertiary/aromatic N) is 1. The van der Waals surface area contributed by atoms with Crippen molar-refractivity contribution < 1.29 is 9.53 Å². The minimum atomic E-state index is -0.0816. The van der Waals surface area contributed by atoms with Gasteiger partial charge in [-0.05, 0) is 53.6 Å². The molecule has 0 spiro atoms. The number of hydrogen-bond donors (Lipinski definition) is 2. The van der Waals surface area contributed by atoms with Gasteiger partial charge in [-0.25, -0.2) is 0 Å². The van der Waals surface area contributed by atoms with Crippen molar-refractivity contribution in [3.63, 3.8) is 0 Å². The first-order chi connectivity index (χ1) is 13.2. The number of ether oxygens (including phenoxy) is 1. The summed E-state index contributed by atoms with van der Waals surface area (Å²) in [5, 5.41) is 6.64. The summed E-state index contributed by atoms with van der Waals surface area (Å²) in [6, 6.07) is 18.8. The van der Waals surface area contributed by atoms with Gasteiger partial charge in [0, 0.05) is 29.6 Å². The first-order valence-electron chi connectivity index (χ1n) is 8.56. The van der Waals surface area contributed by atoms with Crippen LogP contribution in [0.1, 0.15) is 11.1 Å². The van der Waals surface area contributed by atoms with E-state index in [-0.39, 0.29) is 12.5 Å². The third kappa shape index (κ3) is 6.31. The first-order valence-corrected chi connectivity index (χ1v) is 8.93. The van der Waals surface area contributed by atoms with E-state index in [0.717, 1.165) is 22.6 Å². The number of hydrogen-bond acceptors (Lipinski definition) is 4. The molecule has 1 heterocycles. The third-order valence-corrected chi connectivity index (χ3v) is 4.09. The van der Waals surface area contributed by atoms with Crippen molar-refractivity contribution in [1.82, 2.24) is 10.3 Å². The molecule has 0 aliphatic heterocycles. The summed E-state index contributed by atoms with van der Waals surface area (Å²) in [6.45, 7) is 1.14. The first kappa shape index (κ1) is 18.7. The van der Waals surface area contributed by atoms with Gasteiger partial charge in [-0.3, -0.25) is 9.78 Å². The van der Waals surface area contributed by atoms with E-state index < -0.39 is 0 Å². The van der Waals surface area contributed by atoms with Crippen LogP contribution in [0.2, 0.25) is 5.02 Å². The number of aromatic nitrogens is 1. The second-order valence-electron chi connectivity index (χ2n) is 5.93. The number of rotatable bonds is 8. The van der Waals surface area contributed by atoms with Crippen LogP contribution in [0.3, 0.4) is 0 Å². The average molecular weight is 382 g/mol. The molecule has 0 aliphatic carbocycles. The average Bonchev–Trinajstić information content (AvgIpc) is 2.72. The molecule has 6 heteroatoms. The SMILES string of the molecule is O=C(CNc1ccc(OCc2ccc(Cl)cc2)cc1)NCc1cccnc1. The molecule has 27 heavy (non-hydrogen) atoms. The number of carbonyl (C=O) groups is 1. The lowest BCUT2D eigenvalue weighted by Gasteiger charge is -2.10. The molecule has 0 unspecified atom stereocenters. The van der Waals surface area contributed by atoms with Crippen molar-refractivity contribution in [1.29, 1.82) is 0 Å². The molecule has 138 valence electrons. The number of pyridine rings is 1. The summed E-state index contributed by atoms with van der Waals surface area (Å²) in [5.74, 6) is 0.679. The number of nitrogens with one attached hydrogen (secondary N) is 2. The number of benzene rings is 2. The Bertz CT molecular complexity index is 853. The van der Waals surface area contributed by atoms with Gasteiger partial charge in [0.2, 0.25) is 5.91 Å². The van der Waals surface area contributed by atoms with Gasteiger partial charge in [0.25, 0.3) is 0 Å². The fraction of sp³-hybridized carbons (Fsp3) is 0.143. The van der Waals surface area contributed by atoms with E-state index in [1.54, 1.807) is 12.4 Å². The van der Waals surface area contributed by atoms with E-state index in [0.29, 0.717) is 18.2 Å². The lowest BCUT2D eigenvalue weighted by molar-refractivity contribution is -0.119. The van der Waals surface area contributed by atoms with E-state index in [9.17, 15) is 4.79 Å². The Morgan fingerprint density at radius 1 is 1.00 bits per heavy atom. The van der Waals surface area contributed by atoms with Crippen LogP contribution in [-0.2, 0) is 17.9 Å². The van der Waals surface area contributed by atoms with Crippen molar-refractivity contribution in [3.8, 4) is 5.75 Å². The minimum absolute atomic E-state index is 0.0816. The molecule has 1 aromatic heterocycles. The van der Waals surface area contributed by atoms with Crippen LogP contribution in [0.4, 0.5) is 5.69 Å². The van der Waals surface area contributed by atoms with Crippen LogP contribution >= 0.6 is 11.6 Å². The normalized spacial score (nSPS) is 10.3. The topological polar surface area (TPSA) is 63.2 Å². The van der Waals surface area contributed by atoms with Gasteiger partial charge in [0.15, 0.2) is 0 Å². The number of anilines is 1. The molecule has 2 aromatic carbocycles. The summed E-state index contributed by atoms with van der Waals surface area (Å²) >= 11 is 5.87. The van der Waals surface area contributed by atoms with Crippen LogP contribution in [0.5, 0.6) is 5.75 Å². The molecule has 2 N–H and O–H groups in total. The second kappa shape index (κ2) is 9.59. The standard InChI is InChI=1S/C21H20ClN3O2/c22-18-5-3-16(4-6-18)15-27-20-9-7-19(8-10-20)24-14-21(26)25-13-17-2-1-11-23-12-17/h1-12,24H,13-15H2,(H,25,26). The number of halogens is 1. The Balaban J connectivity index is 1.40. The van der Waals surface area contributed by atoms with E-state index in [2.05, 4.69) is 15.6 Å². The third-order valence-electron chi connectivity index (χ3n) is 3.84. The molecule has 0 atom stereocenters. The van der Waals surface area contributed by atoms with Crippen molar-refractivity contribution in [2.24, 2.45) is 0 Å². The molecular weight excluding hydrogens is 362 g/mol. The molecule has 0 radical (unpaired) electrons. The molecule has 0 saturated carbocycles. The maximum atomic E-state index is 11.9. The highest BCUT2D eigenvalue weighted by atomic mass is 35.5.